The van der Waals surface area contributed by atoms with E-state index in [1.54, 1.807) is 0 Å². The molecule has 0 aromatic heterocycles. The molecule has 8 heavy (non-hydrogen) atoms. The maximum atomic E-state index is 9.46. The minimum Gasteiger partial charge on any atom is -0.476 e. The largest absolute Gasteiger partial charge is 0.476 e. The number of carboxylic acids is 1. The molecule has 0 saturated heterocycles. The lowest BCUT2D eigenvalue weighted by Crippen LogP contribution is -2.35. The van der Waals surface area contributed by atoms with Crippen LogP contribution in [0.25, 0.3) is 0 Å². The Kier molecular flexibility index (Phi) is 1.61. The van der Waals surface area contributed by atoms with Gasteiger partial charge in [0.2, 0.25) is 0 Å². The molecule has 6 nitrogen and oxygen atoms in total. The summed E-state index contributed by atoms with van der Waals surface area (Å²) in [6.45, 7) is 0. The minimum atomic E-state index is -3.47. The van der Waals surface area contributed by atoms with Crippen molar-refractivity contribution in [2.45, 2.75) is 5.91 Å². The number of aliphatic carboxylic acids is 1. The van der Waals surface area contributed by atoms with Gasteiger partial charge in [0.05, 0.1) is 0 Å². The Morgan fingerprint density at radius 3 is 1.88 bits per heavy atom. The van der Waals surface area contributed by atoms with Gasteiger partial charge in [-0.25, -0.2) is 4.79 Å². The summed E-state index contributed by atoms with van der Waals surface area (Å²) in [4.78, 5) is 18.6. The predicted octanol–water partition coefficient (Wildman–Crippen LogP) is -1.52. The first-order valence-corrected chi connectivity index (χ1v) is 1.53. The maximum absolute atomic E-state index is 9.46. The first-order chi connectivity index (χ1) is 3.50. The molecule has 6 heteroatoms. The van der Waals surface area contributed by atoms with E-state index in [0.717, 1.165) is 0 Å². The van der Waals surface area contributed by atoms with Crippen LogP contribution in [0, 0.1) is 4.91 Å². The highest BCUT2D eigenvalue weighted by molar-refractivity contribution is 5.74. The molecule has 0 amide bonds. The fourth-order valence-corrected chi connectivity index (χ4v) is 0.0390. The zero-order chi connectivity index (χ0) is 6.78. The standard InChI is InChI=1S/C2H3NO5/c4-1(5)2(6,7)3-8/h6-7H,(H,4,5). The van der Waals surface area contributed by atoms with Gasteiger partial charge in [-0.05, 0) is 0 Å². The summed E-state index contributed by atoms with van der Waals surface area (Å²) in [6, 6.07) is 0. The van der Waals surface area contributed by atoms with E-state index in [4.69, 9.17) is 20.2 Å². The van der Waals surface area contributed by atoms with Gasteiger partial charge in [-0.1, -0.05) is 0 Å². The van der Waals surface area contributed by atoms with E-state index >= 15 is 0 Å². The predicted molar refractivity (Wildman–Crippen MR) is 20.6 cm³/mol. The van der Waals surface area contributed by atoms with Crippen molar-refractivity contribution in [2.75, 3.05) is 0 Å². The van der Waals surface area contributed by atoms with Crippen molar-refractivity contribution in [2.24, 2.45) is 5.18 Å². The van der Waals surface area contributed by atoms with Gasteiger partial charge in [-0.2, -0.15) is 0 Å². The number of hydrogen-bond donors (Lipinski definition) is 3. The minimum absolute atomic E-state index is 1.48. The number of carbonyl (C=O) groups is 1. The number of nitrogens with zero attached hydrogens (tertiary/aromatic N) is 1. The number of aliphatic hydroxyl groups is 2. The average molecular weight is 121 g/mol. The number of carboxylic acid groups (broad SMARTS) is 1. The lowest BCUT2D eigenvalue weighted by molar-refractivity contribution is -0.200. The normalized spacial score (nSPS) is 10.8. The number of nitroso groups, excluding NO2 is 1. The van der Waals surface area contributed by atoms with Crippen molar-refractivity contribution in [3.8, 4) is 0 Å². The summed E-state index contributed by atoms with van der Waals surface area (Å²) in [7, 11) is 0. The molecule has 0 saturated carbocycles. The Balaban J connectivity index is 4.12. The third-order valence-electron chi connectivity index (χ3n) is 0.414. The Hall–Kier alpha value is -1.01. The molecule has 0 fully saturated rings. The van der Waals surface area contributed by atoms with Crippen molar-refractivity contribution < 1.29 is 20.1 Å². The van der Waals surface area contributed by atoms with Gasteiger partial charge >= 0.3 is 11.9 Å². The fraction of sp³-hybridized carbons (Fsp3) is 0.500. The summed E-state index contributed by atoms with van der Waals surface area (Å²) in [6.07, 6.45) is 0. The average Bonchev–Trinajstić information content (AvgIpc) is 1.67. The maximum Gasteiger partial charge on any atom is 0.404 e. The van der Waals surface area contributed by atoms with Gasteiger partial charge in [0.25, 0.3) is 0 Å². The highest BCUT2D eigenvalue weighted by Gasteiger charge is 2.34. The van der Waals surface area contributed by atoms with Gasteiger partial charge in [0.15, 0.2) is 0 Å². The monoisotopic (exact) mass is 121 g/mol. The second kappa shape index (κ2) is 1.85. The van der Waals surface area contributed by atoms with Crippen LogP contribution in [0.15, 0.2) is 5.18 Å². The smallest absolute Gasteiger partial charge is 0.404 e. The molecule has 0 aromatic rings. The summed E-state index contributed by atoms with van der Waals surface area (Å²) in [5, 5.41) is 24.9. The van der Waals surface area contributed by atoms with Crippen LogP contribution in [0.5, 0.6) is 0 Å². The number of hydrogen-bond acceptors (Lipinski definition) is 5. The zero-order valence-corrected chi connectivity index (χ0v) is 3.61. The van der Waals surface area contributed by atoms with Gasteiger partial charge < -0.3 is 15.3 Å². The first kappa shape index (κ1) is 6.99. The summed E-state index contributed by atoms with van der Waals surface area (Å²) in [5.41, 5.74) is 0. The lowest BCUT2D eigenvalue weighted by Gasteiger charge is -2.02. The molecule has 0 bridgehead atoms. The summed E-state index contributed by atoms with van der Waals surface area (Å²) < 4.78 is 0. The van der Waals surface area contributed by atoms with Crippen LogP contribution in [0.1, 0.15) is 0 Å². The second-order valence-corrected chi connectivity index (χ2v) is 1.03. The molecule has 0 aliphatic heterocycles. The van der Waals surface area contributed by atoms with Gasteiger partial charge in [0.1, 0.15) is 0 Å². The van der Waals surface area contributed by atoms with Crippen molar-refractivity contribution in [1.82, 2.24) is 0 Å². The molecule has 0 spiro atoms. The van der Waals surface area contributed by atoms with E-state index in [9.17, 15) is 4.79 Å². The molecule has 0 atom stereocenters. The summed E-state index contributed by atoms with van der Waals surface area (Å²) in [5.74, 6) is -5.56. The van der Waals surface area contributed by atoms with Crippen LogP contribution in [-0.2, 0) is 4.79 Å². The molecular formula is C2H3NO5. The van der Waals surface area contributed by atoms with E-state index in [2.05, 4.69) is 0 Å². The molecular weight excluding hydrogens is 118 g/mol. The van der Waals surface area contributed by atoms with Crippen molar-refractivity contribution in [1.29, 1.82) is 0 Å². The highest BCUT2D eigenvalue weighted by atomic mass is 16.6. The number of rotatable bonds is 2. The Morgan fingerprint density at radius 2 is 1.88 bits per heavy atom. The van der Waals surface area contributed by atoms with E-state index in [1.165, 1.54) is 5.18 Å². The van der Waals surface area contributed by atoms with E-state index in [-0.39, 0.29) is 0 Å². The molecule has 0 aliphatic rings. The van der Waals surface area contributed by atoms with Crippen LogP contribution in [0.2, 0.25) is 0 Å². The summed E-state index contributed by atoms with van der Waals surface area (Å²) >= 11 is 0. The zero-order valence-electron chi connectivity index (χ0n) is 3.61. The van der Waals surface area contributed by atoms with Crippen molar-refractivity contribution in [3.63, 3.8) is 0 Å². The van der Waals surface area contributed by atoms with E-state index in [0.29, 0.717) is 0 Å². The van der Waals surface area contributed by atoms with Crippen molar-refractivity contribution in [3.05, 3.63) is 4.91 Å². The molecule has 0 aromatic carbocycles. The van der Waals surface area contributed by atoms with Crippen LogP contribution < -0.4 is 0 Å². The molecule has 0 aliphatic carbocycles. The van der Waals surface area contributed by atoms with Crippen LogP contribution in [0.4, 0.5) is 0 Å². The molecule has 0 radical (unpaired) electrons. The third-order valence-corrected chi connectivity index (χ3v) is 0.414. The topological polar surface area (TPSA) is 107 Å². The molecule has 0 heterocycles. The Bertz CT molecular complexity index is 118. The van der Waals surface area contributed by atoms with Crippen molar-refractivity contribution >= 4 is 5.97 Å². The van der Waals surface area contributed by atoms with Crippen LogP contribution >= 0.6 is 0 Å². The molecule has 3 N–H and O–H groups in total. The Labute approximate surface area is 43.3 Å². The van der Waals surface area contributed by atoms with Gasteiger partial charge in [0, 0.05) is 5.18 Å². The van der Waals surface area contributed by atoms with Gasteiger partial charge in [-0.3, -0.25) is 0 Å². The fourth-order valence-electron chi connectivity index (χ4n) is 0.0390. The quantitative estimate of drug-likeness (QED) is 0.303. The van der Waals surface area contributed by atoms with Gasteiger partial charge in [-0.15, -0.1) is 4.91 Å². The third kappa shape index (κ3) is 1.24. The van der Waals surface area contributed by atoms with E-state index < -0.39 is 11.9 Å². The van der Waals surface area contributed by atoms with E-state index in [1.807, 2.05) is 0 Å². The first-order valence-electron chi connectivity index (χ1n) is 1.53. The molecule has 0 unspecified atom stereocenters. The highest BCUT2D eigenvalue weighted by Crippen LogP contribution is 1.97. The Morgan fingerprint density at radius 1 is 1.50 bits per heavy atom. The lowest BCUT2D eigenvalue weighted by atomic mass is 10.5. The second-order valence-electron chi connectivity index (χ2n) is 1.03. The van der Waals surface area contributed by atoms with Crippen LogP contribution in [0.3, 0.4) is 0 Å². The molecule has 0 rings (SSSR count). The SMILES string of the molecule is O=NC(O)(O)C(=O)O. The molecule has 46 valence electrons. The van der Waals surface area contributed by atoms with Crippen LogP contribution in [-0.4, -0.2) is 27.2 Å².